The Hall–Kier alpha value is -3.19. The fourth-order valence-corrected chi connectivity index (χ4v) is 2.25. The number of amides is 1. The average Bonchev–Trinajstić information content (AvgIpc) is 2.64. The molecule has 0 aromatic heterocycles. The van der Waals surface area contributed by atoms with Crippen LogP contribution in [0.3, 0.4) is 0 Å². The lowest BCUT2D eigenvalue weighted by Gasteiger charge is -2.07. The summed E-state index contributed by atoms with van der Waals surface area (Å²) < 4.78 is 4.97. The Balaban J connectivity index is 1.77. The van der Waals surface area contributed by atoms with E-state index in [1.807, 2.05) is 30.3 Å². The fraction of sp³-hybridized carbons (Fsp3) is 0.111. The van der Waals surface area contributed by atoms with Crippen LogP contribution in [0, 0.1) is 10.1 Å². The van der Waals surface area contributed by atoms with Gasteiger partial charge in [0.15, 0.2) is 0 Å². The van der Waals surface area contributed by atoms with Gasteiger partial charge in [0.2, 0.25) is 0 Å². The molecule has 0 unspecified atom stereocenters. The lowest BCUT2D eigenvalue weighted by Crippen LogP contribution is -2.28. The van der Waals surface area contributed by atoms with E-state index in [0.29, 0.717) is 0 Å². The van der Waals surface area contributed by atoms with Gasteiger partial charge >= 0.3 is 5.97 Å². The van der Waals surface area contributed by atoms with Crippen molar-refractivity contribution in [3.63, 3.8) is 0 Å². The third-order valence-electron chi connectivity index (χ3n) is 3.25. The van der Waals surface area contributed by atoms with Gasteiger partial charge in [-0.05, 0) is 17.7 Å². The molecule has 0 bridgehead atoms. The smallest absolute Gasteiger partial charge is 0.330 e. The molecule has 0 heterocycles. The summed E-state index contributed by atoms with van der Waals surface area (Å²) in [7, 11) is 0. The molecule has 0 saturated carbocycles. The van der Waals surface area contributed by atoms with Crippen molar-refractivity contribution in [3.8, 4) is 0 Å². The van der Waals surface area contributed by atoms with E-state index < -0.39 is 16.8 Å². The third-order valence-corrected chi connectivity index (χ3v) is 3.56. The second-order valence-corrected chi connectivity index (χ2v) is 5.50. The lowest BCUT2D eigenvalue weighted by molar-refractivity contribution is -0.384. The van der Waals surface area contributed by atoms with Crippen molar-refractivity contribution >= 4 is 35.2 Å². The Labute approximate surface area is 154 Å². The maximum atomic E-state index is 12.0. The summed E-state index contributed by atoms with van der Waals surface area (Å²) >= 11 is 5.87. The van der Waals surface area contributed by atoms with Crippen LogP contribution in [0.1, 0.15) is 15.9 Å². The van der Waals surface area contributed by atoms with Crippen LogP contribution in [0.5, 0.6) is 0 Å². The number of carbonyl (C=O) groups is 2. The highest BCUT2D eigenvalue weighted by atomic mass is 35.5. The number of hydrogen-bond acceptors (Lipinski definition) is 5. The zero-order chi connectivity index (χ0) is 18.9. The first-order valence-corrected chi connectivity index (χ1v) is 7.97. The number of carbonyl (C=O) groups excluding carboxylic acids is 2. The number of non-ortho nitro benzene ring substituents is 1. The molecule has 8 heteroatoms. The van der Waals surface area contributed by atoms with Crippen molar-refractivity contribution in [1.82, 2.24) is 5.32 Å². The zero-order valence-electron chi connectivity index (χ0n) is 13.6. The largest absolute Gasteiger partial charge is 0.461 e. The van der Waals surface area contributed by atoms with Gasteiger partial charge in [0, 0.05) is 18.2 Å². The summed E-state index contributed by atoms with van der Waals surface area (Å²) in [6, 6.07) is 12.8. The number of esters is 1. The molecule has 0 fully saturated rings. The Morgan fingerprint density at radius 3 is 2.58 bits per heavy atom. The minimum Gasteiger partial charge on any atom is -0.461 e. The fourth-order valence-electron chi connectivity index (χ4n) is 1.99. The van der Waals surface area contributed by atoms with E-state index in [-0.39, 0.29) is 29.4 Å². The number of halogens is 1. The van der Waals surface area contributed by atoms with Crippen molar-refractivity contribution in [2.24, 2.45) is 0 Å². The third kappa shape index (κ3) is 5.71. The lowest BCUT2D eigenvalue weighted by atomic mass is 10.2. The number of nitro benzene ring substituents is 1. The van der Waals surface area contributed by atoms with Crippen molar-refractivity contribution < 1.29 is 19.2 Å². The van der Waals surface area contributed by atoms with Crippen LogP contribution in [-0.2, 0) is 9.53 Å². The average molecular weight is 375 g/mol. The Kier molecular flexibility index (Phi) is 6.87. The molecule has 0 atom stereocenters. The number of nitrogens with zero attached hydrogens (tertiary/aromatic N) is 1. The number of hydrogen-bond donors (Lipinski definition) is 1. The van der Waals surface area contributed by atoms with Crippen molar-refractivity contribution in [1.29, 1.82) is 0 Å². The van der Waals surface area contributed by atoms with Gasteiger partial charge in [-0.15, -0.1) is 0 Å². The molecule has 1 amide bonds. The SMILES string of the molecule is O=C(/C=C/c1ccccc1)OCCNC(=O)c1ccc([N+](=O)[O-])cc1Cl. The molecule has 2 aromatic carbocycles. The maximum Gasteiger partial charge on any atom is 0.330 e. The summed E-state index contributed by atoms with van der Waals surface area (Å²) in [6.07, 6.45) is 2.92. The van der Waals surface area contributed by atoms with Crippen LogP contribution in [0.25, 0.3) is 6.08 Å². The molecular formula is C18H15ClN2O5. The van der Waals surface area contributed by atoms with Gasteiger partial charge in [0.05, 0.1) is 22.1 Å². The van der Waals surface area contributed by atoms with E-state index in [1.54, 1.807) is 6.08 Å². The highest BCUT2D eigenvalue weighted by Gasteiger charge is 2.14. The summed E-state index contributed by atoms with van der Waals surface area (Å²) in [5, 5.41) is 13.1. The summed E-state index contributed by atoms with van der Waals surface area (Å²) in [5.41, 5.74) is 0.767. The van der Waals surface area contributed by atoms with Crippen LogP contribution >= 0.6 is 11.6 Å². The van der Waals surface area contributed by atoms with Gasteiger partial charge in [-0.3, -0.25) is 14.9 Å². The van der Waals surface area contributed by atoms with Crippen LogP contribution < -0.4 is 5.32 Å². The van der Waals surface area contributed by atoms with E-state index in [9.17, 15) is 19.7 Å². The van der Waals surface area contributed by atoms with Gasteiger partial charge in [-0.2, -0.15) is 0 Å². The number of rotatable bonds is 7. The number of nitrogens with one attached hydrogen (secondary N) is 1. The van der Waals surface area contributed by atoms with Crippen LogP contribution in [0.4, 0.5) is 5.69 Å². The number of nitro groups is 1. The highest BCUT2D eigenvalue weighted by molar-refractivity contribution is 6.34. The van der Waals surface area contributed by atoms with E-state index >= 15 is 0 Å². The minimum atomic E-state index is -0.601. The van der Waals surface area contributed by atoms with Crippen molar-refractivity contribution in [3.05, 3.63) is 80.9 Å². The topological polar surface area (TPSA) is 98.5 Å². The summed E-state index contributed by atoms with van der Waals surface area (Å²) in [6.45, 7) is 0.0609. The molecule has 0 aliphatic heterocycles. The normalized spacial score (nSPS) is 10.5. The minimum absolute atomic E-state index is 0.0195. The second-order valence-electron chi connectivity index (χ2n) is 5.09. The van der Waals surface area contributed by atoms with E-state index in [0.717, 1.165) is 11.6 Å². The molecule has 26 heavy (non-hydrogen) atoms. The maximum absolute atomic E-state index is 12.0. The second kappa shape index (κ2) is 9.33. The van der Waals surface area contributed by atoms with E-state index in [4.69, 9.17) is 16.3 Å². The van der Waals surface area contributed by atoms with Crippen molar-refractivity contribution in [2.45, 2.75) is 0 Å². The summed E-state index contributed by atoms with van der Waals surface area (Å²) in [5.74, 6) is -1.04. The van der Waals surface area contributed by atoms with Crippen LogP contribution in [0.2, 0.25) is 5.02 Å². The molecule has 1 N–H and O–H groups in total. The molecule has 0 saturated heterocycles. The molecule has 2 aromatic rings. The van der Waals surface area contributed by atoms with Crippen molar-refractivity contribution in [2.75, 3.05) is 13.2 Å². The predicted molar refractivity (Wildman–Crippen MR) is 96.9 cm³/mol. The Bertz CT molecular complexity index is 837. The highest BCUT2D eigenvalue weighted by Crippen LogP contribution is 2.22. The molecule has 0 aliphatic carbocycles. The molecule has 0 radical (unpaired) electrons. The Morgan fingerprint density at radius 1 is 1.19 bits per heavy atom. The van der Waals surface area contributed by atoms with Gasteiger partial charge in [-0.25, -0.2) is 4.79 Å². The molecule has 0 spiro atoms. The van der Waals surface area contributed by atoms with Gasteiger partial charge < -0.3 is 10.1 Å². The van der Waals surface area contributed by atoms with Crippen LogP contribution in [0.15, 0.2) is 54.6 Å². The van der Waals surface area contributed by atoms with E-state index in [2.05, 4.69) is 5.32 Å². The Morgan fingerprint density at radius 2 is 1.92 bits per heavy atom. The predicted octanol–water partition coefficient (Wildman–Crippen LogP) is 3.23. The molecule has 134 valence electrons. The molecule has 2 rings (SSSR count). The standard InChI is InChI=1S/C18H15ClN2O5/c19-16-12-14(21(24)25)7-8-15(16)18(23)20-10-11-26-17(22)9-6-13-4-2-1-3-5-13/h1-9,12H,10-11H2,(H,20,23)/b9-6+. The van der Waals surface area contributed by atoms with Gasteiger partial charge in [0.25, 0.3) is 11.6 Å². The monoisotopic (exact) mass is 374 g/mol. The molecule has 0 aliphatic rings. The molecular weight excluding hydrogens is 360 g/mol. The first-order valence-electron chi connectivity index (χ1n) is 7.59. The quantitative estimate of drug-likeness (QED) is 0.264. The van der Waals surface area contributed by atoms with E-state index in [1.165, 1.54) is 18.2 Å². The zero-order valence-corrected chi connectivity index (χ0v) is 14.3. The number of ether oxygens (including phenoxy) is 1. The summed E-state index contributed by atoms with van der Waals surface area (Å²) in [4.78, 5) is 33.6. The first kappa shape index (κ1) is 19.1. The molecule has 7 nitrogen and oxygen atoms in total. The van der Waals surface area contributed by atoms with Gasteiger partial charge in [-0.1, -0.05) is 41.9 Å². The first-order chi connectivity index (χ1) is 12.5. The van der Waals surface area contributed by atoms with Crippen LogP contribution in [-0.4, -0.2) is 30.0 Å². The number of benzene rings is 2. The van der Waals surface area contributed by atoms with Gasteiger partial charge in [0.1, 0.15) is 6.61 Å².